The summed E-state index contributed by atoms with van der Waals surface area (Å²) in [4.78, 5) is 0. The van der Waals surface area contributed by atoms with Gasteiger partial charge in [0, 0.05) is 11.1 Å². The summed E-state index contributed by atoms with van der Waals surface area (Å²) >= 11 is 6.10. The molecule has 0 aromatic heterocycles. The van der Waals surface area contributed by atoms with Gasteiger partial charge in [-0.3, -0.25) is 0 Å². The molecule has 1 fully saturated rings. The Morgan fingerprint density at radius 3 is 2.76 bits per heavy atom. The van der Waals surface area contributed by atoms with E-state index in [0.717, 1.165) is 17.9 Å². The van der Waals surface area contributed by atoms with E-state index in [1.807, 2.05) is 7.05 Å². The van der Waals surface area contributed by atoms with E-state index in [0.29, 0.717) is 17.0 Å². The topological polar surface area (TPSA) is 12.0 Å². The summed E-state index contributed by atoms with van der Waals surface area (Å²) in [5.41, 5.74) is 0.901. The number of nitrogens with one attached hydrogen (secondary N) is 1. The molecule has 1 saturated carbocycles. The number of hydrogen-bond donors (Lipinski definition) is 1. The third kappa shape index (κ3) is 3.20. The van der Waals surface area contributed by atoms with Gasteiger partial charge in [-0.15, -0.1) is 0 Å². The smallest absolute Gasteiger partial charge is 0.123 e. The van der Waals surface area contributed by atoms with Crippen LogP contribution in [0.4, 0.5) is 4.39 Å². The number of benzene rings is 1. The van der Waals surface area contributed by atoms with Crippen LogP contribution in [-0.2, 0) is 6.42 Å². The lowest BCUT2D eigenvalue weighted by Crippen LogP contribution is -2.35. The molecule has 1 aromatic carbocycles. The summed E-state index contributed by atoms with van der Waals surface area (Å²) in [7, 11) is 1.97. The SMILES string of the molecule is CNC(Cc1cc(F)ccc1Cl)C(C)C1CC1. The van der Waals surface area contributed by atoms with Gasteiger partial charge in [0.15, 0.2) is 0 Å². The van der Waals surface area contributed by atoms with Crippen molar-refractivity contribution in [3.05, 3.63) is 34.6 Å². The van der Waals surface area contributed by atoms with E-state index >= 15 is 0 Å². The lowest BCUT2D eigenvalue weighted by Gasteiger charge is -2.24. The Morgan fingerprint density at radius 2 is 2.18 bits per heavy atom. The average Bonchev–Trinajstić information content (AvgIpc) is 3.13. The lowest BCUT2D eigenvalue weighted by atomic mass is 9.91. The number of hydrogen-bond acceptors (Lipinski definition) is 1. The Labute approximate surface area is 107 Å². The first-order valence-electron chi connectivity index (χ1n) is 6.23. The second-order valence-corrected chi connectivity index (χ2v) is 5.44. The van der Waals surface area contributed by atoms with Crippen LogP contribution in [0.15, 0.2) is 18.2 Å². The molecule has 3 heteroatoms. The van der Waals surface area contributed by atoms with Crippen LogP contribution in [0.5, 0.6) is 0 Å². The molecule has 17 heavy (non-hydrogen) atoms. The van der Waals surface area contributed by atoms with Crippen LogP contribution in [0.25, 0.3) is 0 Å². The maximum atomic E-state index is 13.2. The van der Waals surface area contributed by atoms with E-state index in [-0.39, 0.29) is 5.82 Å². The number of likely N-dealkylation sites (N-methyl/N-ethyl adjacent to an activating group) is 1. The summed E-state index contributed by atoms with van der Waals surface area (Å²) in [5, 5.41) is 4.00. The van der Waals surface area contributed by atoms with Crippen molar-refractivity contribution in [2.45, 2.75) is 32.2 Å². The zero-order valence-corrected chi connectivity index (χ0v) is 11.1. The number of rotatable bonds is 5. The first-order chi connectivity index (χ1) is 8.11. The van der Waals surface area contributed by atoms with Gasteiger partial charge in [0.1, 0.15) is 5.82 Å². The Bertz CT molecular complexity index is 390. The quantitative estimate of drug-likeness (QED) is 0.847. The summed E-state index contributed by atoms with van der Waals surface area (Å²) in [6.07, 6.45) is 3.46. The van der Waals surface area contributed by atoms with Gasteiger partial charge >= 0.3 is 0 Å². The molecule has 0 bridgehead atoms. The predicted molar refractivity (Wildman–Crippen MR) is 69.8 cm³/mol. The molecule has 1 nitrogen and oxygen atoms in total. The molecular weight excluding hydrogens is 237 g/mol. The number of halogens is 2. The first kappa shape index (κ1) is 12.8. The van der Waals surface area contributed by atoms with Crippen molar-refractivity contribution in [3.63, 3.8) is 0 Å². The molecule has 0 saturated heterocycles. The predicted octanol–water partition coefficient (Wildman–Crippen LogP) is 3.66. The maximum absolute atomic E-state index is 13.2. The highest BCUT2D eigenvalue weighted by Crippen LogP contribution is 2.39. The van der Waals surface area contributed by atoms with E-state index in [4.69, 9.17) is 11.6 Å². The van der Waals surface area contributed by atoms with Gasteiger partial charge in [-0.2, -0.15) is 0 Å². The third-order valence-electron chi connectivity index (χ3n) is 3.82. The fourth-order valence-electron chi connectivity index (χ4n) is 2.44. The molecule has 1 aliphatic carbocycles. The molecule has 0 heterocycles. The molecule has 94 valence electrons. The highest BCUT2D eigenvalue weighted by atomic mass is 35.5. The van der Waals surface area contributed by atoms with E-state index in [1.54, 1.807) is 12.1 Å². The van der Waals surface area contributed by atoms with Crippen LogP contribution < -0.4 is 5.32 Å². The molecule has 1 aromatic rings. The molecular formula is C14H19ClFN. The van der Waals surface area contributed by atoms with Crippen LogP contribution in [0, 0.1) is 17.7 Å². The van der Waals surface area contributed by atoms with Gasteiger partial charge in [0.25, 0.3) is 0 Å². The minimum atomic E-state index is -0.210. The van der Waals surface area contributed by atoms with Gasteiger partial charge in [-0.25, -0.2) is 4.39 Å². The zero-order valence-electron chi connectivity index (χ0n) is 10.3. The molecule has 1 aliphatic rings. The van der Waals surface area contributed by atoms with Gasteiger partial charge in [-0.1, -0.05) is 18.5 Å². The molecule has 1 N–H and O–H groups in total. The molecule has 2 rings (SSSR count). The second-order valence-electron chi connectivity index (χ2n) is 5.03. The van der Waals surface area contributed by atoms with E-state index in [1.165, 1.54) is 18.9 Å². The summed E-state index contributed by atoms with van der Waals surface area (Å²) < 4.78 is 13.2. The molecule has 2 unspecified atom stereocenters. The van der Waals surface area contributed by atoms with Crippen molar-refractivity contribution < 1.29 is 4.39 Å². The monoisotopic (exact) mass is 255 g/mol. The molecule has 0 aliphatic heterocycles. The fraction of sp³-hybridized carbons (Fsp3) is 0.571. The van der Waals surface area contributed by atoms with Crippen LogP contribution >= 0.6 is 11.6 Å². The van der Waals surface area contributed by atoms with Gasteiger partial charge < -0.3 is 5.32 Å². The normalized spacial score (nSPS) is 19.1. The minimum Gasteiger partial charge on any atom is -0.316 e. The molecule has 2 atom stereocenters. The Kier molecular flexibility index (Phi) is 4.05. The van der Waals surface area contributed by atoms with Crippen molar-refractivity contribution in [1.82, 2.24) is 5.32 Å². The van der Waals surface area contributed by atoms with Crippen molar-refractivity contribution in [1.29, 1.82) is 0 Å². The second kappa shape index (κ2) is 5.36. The van der Waals surface area contributed by atoms with Crippen molar-refractivity contribution in [2.75, 3.05) is 7.05 Å². The largest absolute Gasteiger partial charge is 0.316 e. The third-order valence-corrected chi connectivity index (χ3v) is 4.19. The van der Waals surface area contributed by atoms with Crippen LogP contribution in [-0.4, -0.2) is 13.1 Å². The summed E-state index contributed by atoms with van der Waals surface area (Å²) in [5.74, 6) is 1.25. The average molecular weight is 256 g/mol. The van der Waals surface area contributed by atoms with E-state index < -0.39 is 0 Å². The Balaban J connectivity index is 2.08. The van der Waals surface area contributed by atoms with Gasteiger partial charge in [0.05, 0.1) is 0 Å². The fourth-order valence-corrected chi connectivity index (χ4v) is 2.63. The minimum absolute atomic E-state index is 0.210. The van der Waals surface area contributed by atoms with Crippen LogP contribution in [0.2, 0.25) is 5.02 Å². The van der Waals surface area contributed by atoms with Crippen LogP contribution in [0.3, 0.4) is 0 Å². The van der Waals surface area contributed by atoms with Crippen molar-refractivity contribution in [3.8, 4) is 0 Å². The van der Waals surface area contributed by atoms with Gasteiger partial charge in [0.2, 0.25) is 0 Å². The zero-order chi connectivity index (χ0) is 12.4. The molecule has 0 amide bonds. The standard InChI is InChI=1S/C14H19ClFN/c1-9(10-3-4-10)14(17-2)8-11-7-12(16)5-6-13(11)15/h5-7,9-10,14,17H,3-4,8H2,1-2H3. The van der Waals surface area contributed by atoms with E-state index in [2.05, 4.69) is 12.2 Å². The lowest BCUT2D eigenvalue weighted by molar-refractivity contribution is 0.357. The first-order valence-corrected chi connectivity index (χ1v) is 6.60. The highest BCUT2D eigenvalue weighted by molar-refractivity contribution is 6.31. The maximum Gasteiger partial charge on any atom is 0.123 e. The molecule has 0 spiro atoms. The van der Waals surface area contributed by atoms with Crippen molar-refractivity contribution >= 4 is 11.6 Å². The Morgan fingerprint density at radius 1 is 1.47 bits per heavy atom. The highest BCUT2D eigenvalue weighted by Gasteiger charge is 2.32. The summed E-state index contributed by atoms with van der Waals surface area (Å²) in [6.45, 7) is 2.27. The van der Waals surface area contributed by atoms with Gasteiger partial charge in [-0.05, 0) is 61.9 Å². The van der Waals surface area contributed by atoms with Crippen molar-refractivity contribution in [2.24, 2.45) is 11.8 Å². The van der Waals surface area contributed by atoms with Crippen LogP contribution in [0.1, 0.15) is 25.3 Å². The summed E-state index contributed by atoms with van der Waals surface area (Å²) in [6, 6.07) is 4.97. The Hall–Kier alpha value is -0.600. The molecule has 0 radical (unpaired) electrons. The van der Waals surface area contributed by atoms with E-state index in [9.17, 15) is 4.39 Å².